The van der Waals surface area contributed by atoms with Crippen LogP contribution in [0, 0.1) is 5.82 Å². The van der Waals surface area contributed by atoms with Crippen LogP contribution in [0.5, 0.6) is 11.5 Å². The lowest BCUT2D eigenvalue weighted by atomic mass is 10.2. The molecule has 0 saturated carbocycles. The molecule has 0 aliphatic rings. The maximum atomic E-state index is 13.8. The molecule has 0 aliphatic heterocycles. The van der Waals surface area contributed by atoms with Gasteiger partial charge in [0.15, 0.2) is 17.3 Å². The minimum atomic E-state index is -0.351. The molecule has 0 unspecified atom stereocenters. The van der Waals surface area contributed by atoms with E-state index in [1.165, 1.54) is 24.1 Å². The number of benzene rings is 2. The first-order valence-corrected chi connectivity index (χ1v) is 9.13. The second-order valence-electron chi connectivity index (χ2n) is 5.95. The van der Waals surface area contributed by atoms with Crippen LogP contribution < -0.4 is 20.7 Å². The van der Waals surface area contributed by atoms with Gasteiger partial charge in [-0.2, -0.15) is 5.10 Å². The van der Waals surface area contributed by atoms with Gasteiger partial charge >= 0.3 is 0 Å². The van der Waals surface area contributed by atoms with Crippen molar-refractivity contribution >= 4 is 23.8 Å². The van der Waals surface area contributed by atoms with Crippen molar-refractivity contribution in [1.29, 1.82) is 0 Å². The number of rotatable bonds is 8. The average Bonchev–Trinajstić information content (AvgIpc) is 3.07. The Morgan fingerprint density at radius 1 is 1.31 bits per heavy atom. The molecule has 3 aromatic rings. The highest BCUT2D eigenvalue weighted by Crippen LogP contribution is 2.36. The van der Waals surface area contributed by atoms with Crippen molar-refractivity contribution in [2.75, 3.05) is 18.4 Å². The molecule has 0 radical (unpaired) electrons. The monoisotopic (exact) mass is 418 g/mol. The molecule has 10 heteroatoms. The fourth-order valence-corrected chi connectivity index (χ4v) is 2.80. The number of aromatic nitrogens is 3. The molecule has 2 aromatic carbocycles. The predicted octanol–water partition coefficient (Wildman–Crippen LogP) is 3.38. The van der Waals surface area contributed by atoms with Crippen LogP contribution in [0.4, 0.5) is 10.3 Å². The number of nitrogen functional groups attached to an aromatic ring is 1. The third kappa shape index (κ3) is 4.75. The lowest BCUT2D eigenvalue weighted by Gasteiger charge is -2.13. The number of anilines is 1. The van der Waals surface area contributed by atoms with E-state index in [1.54, 1.807) is 30.3 Å². The summed E-state index contributed by atoms with van der Waals surface area (Å²) in [4.78, 5) is 0. The molecule has 3 N–H and O–H groups in total. The first-order valence-electron chi connectivity index (χ1n) is 8.75. The fourth-order valence-electron chi connectivity index (χ4n) is 2.53. The van der Waals surface area contributed by atoms with Crippen molar-refractivity contribution in [3.05, 3.63) is 64.2 Å². The molecule has 0 atom stereocenters. The Morgan fingerprint density at radius 3 is 2.79 bits per heavy atom. The van der Waals surface area contributed by atoms with Crippen LogP contribution in [-0.4, -0.2) is 28.2 Å². The highest BCUT2D eigenvalue weighted by Gasteiger charge is 2.13. The van der Waals surface area contributed by atoms with Crippen molar-refractivity contribution in [2.45, 2.75) is 20.0 Å². The van der Waals surface area contributed by atoms with E-state index in [1.807, 2.05) is 6.92 Å². The van der Waals surface area contributed by atoms with Gasteiger partial charge in [-0.25, -0.2) is 14.5 Å². The number of nitrogens with two attached hydrogens (primary N) is 1. The second-order valence-corrected chi connectivity index (χ2v) is 6.35. The summed E-state index contributed by atoms with van der Waals surface area (Å²) < 4.78 is 26.2. The molecule has 0 amide bonds. The van der Waals surface area contributed by atoms with E-state index in [0.717, 1.165) is 0 Å². The Labute approximate surface area is 172 Å². The first kappa shape index (κ1) is 20.4. The zero-order valence-electron chi connectivity index (χ0n) is 15.9. The van der Waals surface area contributed by atoms with Gasteiger partial charge < -0.3 is 15.3 Å². The van der Waals surface area contributed by atoms with Crippen LogP contribution in [0.2, 0.25) is 5.02 Å². The third-order valence-corrected chi connectivity index (χ3v) is 4.32. The van der Waals surface area contributed by atoms with Gasteiger partial charge in [-0.05, 0) is 23.8 Å². The van der Waals surface area contributed by atoms with Crippen LogP contribution in [0.25, 0.3) is 0 Å². The summed E-state index contributed by atoms with van der Waals surface area (Å²) in [6.07, 6.45) is 2.17. The molecule has 3 rings (SSSR count). The van der Waals surface area contributed by atoms with Crippen LogP contribution in [0.3, 0.4) is 0 Å². The summed E-state index contributed by atoms with van der Waals surface area (Å²) in [7, 11) is 1.49. The number of ether oxygens (including phenoxy) is 2. The molecule has 0 spiro atoms. The zero-order chi connectivity index (χ0) is 20.8. The minimum Gasteiger partial charge on any atom is -0.493 e. The van der Waals surface area contributed by atoms with E-state index in [0.29, 0.717) is 45.8 Å². The van der Waals surface area contributed by atoms with Crippen molar-refractivity contribution in [1.82, 2.24) is 14.9 Å². The average molecular weight is 419 g/mol. The quantitative estimate of drug-likeness (QED) is 0.330. The van der Waals surface area contributed by atoms with E-state index in [-0.39, 0.29) is 12.4 Å². The number of halogens is 2. The topological polar surface area (TPSA) is 99.6 Å². The Balaban J connectivity index is 1.73. The highest BCUT2D eigenvalue weighted by atomic mass is 35.5. The lowest BCUT2D eigenvalue weighted by molar-refractivity contribution is 0.280. The molecule has 29 heavy (non-hydrogen) atoms. The van der Waals surface area contributed by atoms with Gasteiger partial charge in [0.25, 0.3) is 5.95 Å². The largest absolute Gasteiger partial charge is 0.493 e. The fraction of sp³-hybridized carbons (Fsp3) is 0.211. The van der Waals surface area contributed by atoms with Gasteiger partial charge in [-0.3, -0.25) is 0 Å². The SMILES string of the molecule is CCc1nnc(N/N=C\c2cc(Cl)c(OCc3ccccc3F)c(OC)c2)n1N. The molecule has 1 heterocycles. The van der Waals surface area contributed by atoms with Gasteiger partial charge in [-0.1, -0.05) is 36.7 Å². The first-order chi connectivity index (χ1) is 14.0. The smallest absolute Gasteiger partial charge is 0.263 e. The number of methoxy groups -OCH3 is 1. The molecule has 8 nitrogen and oxygen atoms in total. The van der Waals surface area contributed by atoms with Crippen LogP contribution in [0.15, 0.2) is 41.5 Å². The summed E-state index contributed by atoms with van der Waals surface area (Å²) in [5, 5.41) is 12.2. The summed E-state index contributed by atoms with van der Waals surface area (Å²) in [5.74, 6) is 7.14. The summed E-state index contributed by atoms with van der Waals surface area (Å²) in [5.41, 5.74) is 3.78. The standard InChI is InChI=1S/C19H20ClFN6O2/c1-3-17-24-26-19(27(17)22)25-23-10-12-8-14(20)18(16(9-12)28-2)29-11-13-6-4-5-7-15(13)21/h4-10H,3,11,22H2,1-2H3,(H,25,26)/b23-10-. The zero-order valence-corrected chi connectivity index (χ0v) is 16.7. The normalized spacial score (nSPS) is 11.0. The number of aryl methyl sites for hydroxylation is 1. The number of hydrogen-bond acceptors (Lipinski definition) is 7. The van der Waals surface area contributed by atoms with Gasteiger partial charge in [0, 0.05) is 12.0 Å². The number of nitrogens with zero attached hydrogens (tertiary/aromatic N) is 4. The van der Waals surface area contributed by atoms with Crippen LogP contribution >= 0.6 is 11.6 Å². The van der Waals surface area contributed by atoms with Crippen molar-refractivity contribution < 1.29 is 13.9 Å². The predicted molar refractivity (Wildman–Crippen MR) is 110 cm³/mol. The third-order valence-electron chi connectivity index (χ3n) is 4.04. The van der Waals surface area contributed by atoms with Crippen molar-refractivity contribution in [3.63, 3.8) is 0 Å². The van der Waals surface area contributed by atoms with E-state index < -0.39 is 0 Å². The van der Waals surface area contributed by atoms with Gasteiger partial charge in [0.05, 0.1) is 18.3 Å². The molecule has 0 bridgehead atoms. The van der Waals surface area contributed by atoms with E-state index >= 15 is 0 Å². The Kier molecular flexibility index (Phi) is 6.50. The van der Waals surface area contributed by atoms with Gasteiger partial charge in [-0.15, -0.1) is 10.2 Å². The number of nitrogens with one attached hydrogen (secondary N) is 1. The summed E-state index contributed by atoms with van der Waals surface area (Å²) in [6.45, 7) is 1.94. The van der Waals surface area contributed by atoms with Crippen LogP contribution in [-0.2, 0) is 13.0 Å². The molecular weight excluding hydrogens is 399 g/mol. The van der Waals surface area contributed by atoms with Gasteiger partial charge in [0.2, 0.25) is 0 Å². The molecule has 0 fully saturated rings. The Morgan fingerprint density at radius 2 is 2.10 bits per heavy atom. The highest BCUT2D eigenvalue weighted by molar-refractivity contribution is 6.32. The van der Waals surface area contributed by atoms with Crippen molar-refractivity contribution in [3.8, 4) is 11.5 Å². The molecule has 0 saturated heterocycles. The maximum Gasteiger partial charge on any atom is 0.263 e. The number of hydrogen-bond donors (Lipinski definition) is 2. The maximum absolute atomic E-state index is 13.8. The second kappa shape index (κ2) is 9.24. The minimum absolute atomic E-state index is 0.0175. The Bertz CT molecular complexity index is 1020. The summed E-state index contributed by atoms with van der Waals surface area (Å²) >= 11 is 6.34. The van der Waals surface area contributed by atoms with Crippen LogP contribution in [0.1, 0.15) is 23.9 Å². The molecule has 0 aliphatic carbocycles. The van der Waals surface area contributed by atoms with Crippen molar-refractivity contribution in [2.24, 2.45) is 5.10 Å². The summed E-state index contributed by atoms with van der Waals surface area (Å²) in [6, 6.07) is 9.71. The van der Waals surface area contributed by atoms with E-state index in [4.69, 9.17) is 26.9 Å². The van der Waals surface area contributed by atoms with E-state index in [9.17, 15) is 4.39 Å². The molecule has 1 aromatic heterocycles. The lowest BCUT2D eigenvalue weighted by Crippen LogP contribution is -2.14. The Hall–Kier alpha value is -3.33. The number of hydrazone groups is 1. The van der Waals surface area contributed by atoms with Gasteiger partial charge in [0.1, 0.15) is 12.4 Å². The van der Waals surface area contributed by atoms with E-state index in [2.05, 4.69) is 20.7 Å². The molecule has 152 valence electrons. The molecular formula is C19H20ClFN6O2.